The van der Waals surface area contributed by atoms with E-state index in [0.717, 1.165) is 6.16 Å². The fourth-order valence-corrected chi connectivity index (χ4v) is 2.04. The van der Waals surface area contributed by atoms with Crippen LogP contribution in [-0.4, -0.2) is 6.16 Å². The Morgan fingerprint density at radius 2 is 1.44 bits per heavy atom. The highest BCUT2D eigenvalue weighted by molar-refractivity contribution is 7.16. The van der Waals surface area contributed by atoms with E-state index in [9.17, 15) is 0 Å². The van der Waals surface area contributed by atoms with Gasteiger partial charge in [0, 0.05) is 0 Å². The molecule has 2 rings (SSSR count). The highest BCUT2D eigenvalue weighted by Gasteiger charge is 2.02. The van der Waals surface area contributed by atoms with Crippen LogP contribution in [0.25, 0.3) is 11.1 Å². The van der Waals surface area contributed by atoms with Crippen molar-refractivity contribution in [2.24, 2.45) is 0 Å². The summed E-state index contributed by atoms with van der Waals surface area (Å²) in [6.45, 7) is 2.25. The number of benzene rings is 2. The molecule has 0 nitrogen and oxygen atoms in total. The van der Waals surface area contributed by atoms with Gasteiger partial charge in [-0.2, -0.15) is 0 Å². The molecule has 0 radical (unpaired) electrons. The zero-order valence-electron chi connectivity index (χ0n) is 9.56. The number of hydrogen-bond donors (Lipinski definition) is 0. The molecule has 0 amide bonds. The molecule has 0 aliphatic heterocycles. The number of rotatable bonds is 3. The van der Waals surface area contributed by atoms with E-state index in [0.29, 0.717) is 5.92 Å². The van der Waals surface area contributed by atoms with Gasteiger partial charge >= 0.3 is 0 Å². The van der Waals surface area contributed by atoms with Crippen LogP contribution < -0.4 is 0 Å². The molecule has 82 valence electrons. The van der Waals surface area contributed by atoms with Crippen LogP contribution in [0.1, 0.15) is 18.4 Å². The van der Waals surface area contributed by atoms with E-state index in [-0.39, 0.29) is 0 Å². The van der Waals surface area contributed by atoms with Crippen molar-refractivity contribution in [3.05, 3.63) is 60.2 Å². The summed E-state index contributed by atoms with van der Waals surface area (Å²) in [5.41, 5.74) is 3.99. The second-order valence-electron chi connectivity index (χ2n) is 4.12. The first-order valence-electron chi connectivity index (χ1n) is 5.66. The van der Waals surface area contributed by atoms with Gasteiger partial charge in [-0.05, 0) is 28.8 Å². The van der Waals surface area contributed by atoms with Gasteiger partial charge in [0.25, 0.3) is 0 Å². The van der Waals surface area contributed by atoms with Gasteiger partial charge in [0.2, 0.25) is 0 Å². The zero-order valence-corrected chi connectivity index (χ0v) is 10.7. The lowest BCUT2D eigenvalue weighted by molar-refractivity contribution is 0.881. The second kappa shape index (κ2) is 5.27. The quantitative estimate of drug-likeness (QED) is 0.686. The lowest BCUT2D eigenvalue weighted by atomic mass is 9.99. The fraction of sp³-hybridized carbons (Fsp3) is 0.200. The van der Waals surface area contributed by atoms with Crippen molar-refractivity contribution in [1.82, 2.24) is 0 Å². The standard InChI is InChI=1S/C15H17P/c1-12(11-16)13-7-9-15(10-8-13)14-5-3-2-4-6-14/h2-10,12H,11,16H2,1H3. The van der Waals surface area contributed by atoms with Crippen molar-refractivity contribution in [3.63, 3.8) is 0 Å². The topological polar surface area (TPSA) is 0 Å². The molecule has 0 spiro atoms. The Bertz CT molecular complexity index is 431. The average Bonchev–Trinajstić information content (AvgIpc) is 2.39. The Kier molecular flexibility index (Phi) is 3.74. The Hall–Kier alpha value is -1.13. The predicted octanol–water partition coefficient (Wildman–Crippen LogP) is 4.33. The first-order valence-corrected chi connectivity index (χ1v) is 6.48. The van der Waals surface area contributed by atoms with Gasteiger partial charge in [-0.15, -0.1) is 9.24 Å². The predicted molar refractivity (Wildman–Crippen MR) is 74.9 cm³/mol. The molecule has 0 bridgehead atoms. The molecule has 2 aromatic carbocycles. The summed E-state index contributed by atoms with van der Waals surface area (Å²) in [4.78, 5) is 0. The van der Waals surface area contributed by atoms with Crippen LogP contribution in [0, 0.1) is 0 Å². The fourth-order valence-electron chi connectivity index (χ4n) is 1.77. The summed E-state index contributed by atoms with van der Waals surface area (Å²) in [5, 5.41) is 0. The maximum Gasteiger partial charge on any atom is -0.0156 e. The Morgan fingerprint density at radius 3 is 2.00 bits per heavy atom. The van der Waals surface area contributed by atoms with E-state index in [1.165, 1.54) is 16.7 Å². The summed E-state index contributed by atoms with van der Waals surface area (Å²) in [6, 6.07) is 19.4. The van der Waals surface area contributed by atoms with Crippen LogP contribution in [0.2, 0.25) is 0 Å². The Balaban J connectivity index is 2.26. The molecule has 0 heterocycles. The minimum atomic E-state index is 0.620. The van der Waals surface area contributed by atoms with Gasteiger partial charge in [0.1, 0.15) is 0 Å². The normalized spacial score (nSPS) is 12.4. The lowest BCUT2D eigenvalue weighted by Gasteiger charge is -2.09. The first kappa shape index (κ1) is 11.4. The van der Waals surface area contributed by atoms with Crippen LogP contribution in [-0.2, 0) is 0 Å². The molecule has 2 atom stereocenters. The minimum Gasteiger partial charge on any atom is -0.137 e. The van der Waals surface area contributed by atoms with Gasteiger partial charge in [0.15, 0.2) is 0 Å². The van der Waals surface area contributed by atoms with E-state index < -0.39 is 0 Å². The van der Waals surface area contributed by atoms with Crippen LogP contribution >= 0.6 is 9.24 Å². The van der Waals surface area contributed by atoms with Crippen molar-refractivity contribution in [2.45, 2.75) is 12.8 Å². The minimum absolute atomic E-state index is 0.620. The largest absolute Gasteiger partial charge is 0.137 e. The molecule has 0 aliphatic rings. The van der Waals surface area contributed by atoms with Gasteiger partial charge < -0.3 is 0 Å². The zero-order chi connectivity index (χ0) is 11.4. The number of hydrogen-bond acceptors (Lipinski definition) is 0. The molecule has 2 unspecified atom stereocenters. The van der Waals surface area contributed by atoms with Crippen molar-refractivity contribution < 1.29 is 0 Å². The molecule has 0 aromatic heterocycles. The third kappa shape index (κ3) is 2.51. The van der Waals surface area contributed by atoms with Crippen molar-refractivity contribution >= 4 is 9.24 Å². The monoisotopic (exact) mass is 228 g/mol. The van der Waals surface area contributed by atoms with Crippen molar-refractivity contribution in [2.75, 3.05) is 6.16 Å². The van der Waals surface area contributed by atoms with Gasteiger partial charge in [0.05, 0.1) is 0 Å². The van der Waals surface area contributed by atoms with Gasteiger partial charge in [-0.25, -0.2) is 0 Å². The summed E-state index contributed by atoms with van der Waals surface area (Å²) in [7, 11) is 2.80. The highest BCUT2D eigenvalue weighted by atomic mass is 31.0. The summed E-state index contributed by atoms with van der Waals surface area (Å²) < 4.78 is 0. The third-order valence-corrected chi connectivity index (χ3v) is 3.65. The van der Waals surface area contributed by atoms with Crippen LogP contribution in [0.15, 0.2) is 54.6 Å². The SMILES string of the molecule is CC(CP)c1ccc(-c2ccccc2)cc1. The average molecular weight is 228 g/mol. The second-order valence-corrected chi connectivity index (χ2v) is 4.60. The summed E-state index contributed by atoms with van der Waals surface area (Å²) >= 11 is 0. The van der Waals surface area contributed by atoms with E-state index in [2.05, 4.69) is 64.7 Å². The molecule has 0 aliphatic carbocycles. The lowest BCUT2D eigenvalue weighted by Crippen LogP contribution is -1.93. The summed E-state index contributed by atoms with van der Waals surface area (Å²) in [5.74, 6) is 0.620. The van der Waals surface area contributed by atoms with Crippen LogP contribution in [0.5, 0.6) is 0 Å². The first-order chi connectivity index (χ1) is 7.81. The Morgan fingerprint density at radius 1 is 0.875 bits per heavy atom. The molecule has 0 fully saturated rings. The van der Waals surface area contributed by atoms with Crippen LogP contribution in [0.3, 0.4) is 0 Å². The van der Waals surface area contributed by atoms with Gasteiger partial charge in [-0.3, -0.25) is 0 Å². The molecule has 0 saturated heterocycles. The summed E-state index contributed by atoms with van der Waals surface area (Å²) in [6.07, 6.45) is 1.12. The van der Waals surface area contributed by atoms with Crippen molar-refractivity contribution in [1.29, 1.82) is 0 Å². The molecular formula is C15H17P. The van der Waals surface area contributed by atoms with Crippen molar-refractivity contribution in [3.8, 4) is 11.1 Å². The highest BCUT2D eigenvalue weighted by Crippen LogP contribution is 2.23. The molecule has 0 saturated carbocycles. The van der Waals surface area contributed by atoms with Crippen LogP contribution in [0.4, 0.5) is 0 Å². The molecule has 0 N–H and O–H groups in total. The molecule has 2 aromatic rings. The Labute approximate surface area is 99.9 Å². The molecule has 16 heavy (non-hydrogen) atoms. The maximum atomic E-state index is 2.80. The molecular weight excluding hydrogens is 211 g/mol. The maximum absolute atomic E-state index is 2.80. The van der Waals surface area contributed by atoms with E-state index in [1.807, 2.05) is 6.07 Å². The van der Waals surface area contributed by atoms with E-state index in [4.69, 9.17) is 0 Å². The van der Waals surface area contributed by atoms with E-state index in [1.54, 1.807) is 0 Å². The molecule has 1 heteroatoms. The smallest absolute Gasteiger partial charge is 0.0156 e. The van der Waals surface area contributed by atoms with Gasteiger partial charge in [-0.1, -0.05) is 61.5 Å². The third-order valence-electron chi connectivity index (χ3n) is 2.94. The van der Waals surface area contributed by atoms with E-state index >= 15 is 0 Å².